The van der Waals surface area contributed by atoms with Crippen LogP contribution in [-0.4, -0.2) is 27.5 Å². The Morgan fingerprint density at radius 1 is 1.35 bits per heavy atom. The summed E-state index contributed by atoms with van der Waals surface area (Å²) in [6.07, 6.45) is 6.40. The molecule has 0 unspecified atom stereocenters. The van der Waals surface area contributed by atoms with Crippen LogP contribution in [0.3, 0.4) is 0 Å². The van der Waals surface area contributed by atoms with E-state index in [1.165, 1.54) is 25.0 Å². The van der Waals surface area contributed by atoms with Gasteiger partial charge in [-0.05, 0) is 18.9 Å². The summed E-state index contributed by atoms with van der Waals surface area (Å²) < 4.78 is 0. The summed E-state index contributed by atoms with van der Waals surface area (Å²) in [6.45, 7) is 4.20. The van der Waals surface area contributed by atoms with Crippen LogP contribution in [0, 0.1) is 10.1 Å². The van der Waals surface area contributed by atoms with E-state index in [2.05, 4.69) is 27.2 Å². The maximum absolute atomic E-state index is 11.0. The molecule has 0 atom stereocenters. The lowest BCUT2D eigenvalue weighted by Crippen LogP contribution is -2.17. The molecular formula is C16H19N5O2. The number of nitrogens with one attached hydrogen (secondary N) is 2. The normalized spacial score (nSPS) is 14.8. The number of hydrogen-bond acceptors (Lipinski definition) is 6. The van der Waals surface area contributed by atoms with E-state index in [1.54, 1.807) is 12.1 Å². The molecule has 1 aromatic carbocycles. The van der Waals surface area contributed by atoms with Gasteiger partial charge in [0, 0.05) is 30.1 Å². The minimum atomic E-state index is -0.415. The number of rotatable bonds is 6. The van der Waals surface area contributed by atoms with E-state index in [4.69, 9.17) is 0 Å². The molecule has 0 saturated heterocycles. The second-order valence-electron chi connectivity index (χ2n) is 5.65. The summed E-state index contributed by atoms with van der Waals surface area (Å²) in [5.41, 5.74) is 0.705. The van der Waals surface area contributed by atoms with Crippen molar-refractivity contribution in [2.24, 2.45) is 0 Å². The molecule has 0 amide bonds. The van der Waals surface area contributed by atoms with Gasteiger partial charge in [-0.1, -0.05) is 18.9 Å². The molecule has 0 bridgehead atoms. The quantitative estimate of drug-likeness (QED) is 0.482. The van der Waals surface area contributed by atoms with Gasteiger partial charge in [0.15, 0.2) is 0 Å². The first-order valence-corrected chi connectivity index (χ1v) is 7.75. The van der Waals surface area contributed by atoms with Crippen molar-refractivity contribution in [1.29, 1.82) is 0 Å². The number of aromatic nitrogens is 2. The highest BCUT2D eigenvalue weighted by Crippen LogP contribution is 2.28. The maximum Gasteiger partial charge on any atom is 0.270 e. The average Bonchev–Trinajstić information content (AvgIpc) is 3.05. The monoisotopic (exact) mass is 313 g/mol. The molecule has 1 aliphatic carbocycles. The van der Waals surface area contributed by atoms with Gasteiger partial charge in [0.25, 0.3) is 5.69 Å². The summed E-state index contributed by atoms with van der Waals surface area (Å²) >= 11 is 0. The molecule has 3 rings (SSSR count). The van der Waals surface area contributed by atoms with E-state index in [-0.39, 0.29) is 5.69 Å². The molecule has 1 aromatic heterocycles. The SMILES string of the molecule is C=CCNc1nc(NC2CCCC2)nc2ccc([N+](=O)[O-])cc12. The number of hydrogen-bond donors (Lipinski definition) is 2. The van der Waals surface area contributed by atoms with Gasteiger partial charge < -0.3 is 10.6 Å². The molecule has 2 aromatic rings. The van der Waals surface area contributed by atoms with Crippen LogP contribution in [0.5, 0.6) is 0 Å². The summed E-state index contributed by atoms with van der Waals surface area (Å²) in [5, 5.41) is 18.1. The molecular weight excluding hydrogens is 294 g/mol. The van der Waals surface area contributed by atoms with Crippen LogP contribution in [0.15, 0.2) is 30.9 Å². The van der Waals surface area contributed by atoms with Crippen LogP contribution in [0.25, 0.3) is 10.9 Å². The van der Waals surface area contributed by atoms with Crippen LogP contribution in [-0.2, 0) is 0 Å². The Kier molecular flexibility index (Phi) is 4.36. The van der Waals surface area contributed by atoms with E-state index in [9.17, 15) is 10.1 Å². The first-order chi connectivity index (χ1) is 11.2. The van der Waals surface area contributed by atoms with Crippen molar-refractivity contribution in [2.45, 2.75) is 31.7 Å². The van der Waals surface area contributed by atoms with Gasteiger partial charge in [-0.15, -0.1) is 6.58 Å². The molecule has 7 heteroatoms. The molecule has 120 valence electrons. The molecule has 0 spiro atoms. The predicted molar refractivity (Wildman–Crippen MR) is 90.8 cm³/mol. The van der Waals surface area contributed by atoms with Crippen molar-refractivity contribution in [3.8, 4) is 0 Å². The standard InChI is InChI=1S/C16H19N5O2/c1-2-9-17-15-13-10-12(21(22)23)7-8-14(13)19-16(20-15)18-11-5-3-4-6-11/h2,7-8,10-11H,1,3-6,9H2,(H2,17,18,19,20). The number of nitro groups is 1. The molecule has 0 radical (unpaired) electrons. The molecule has 1 saturated carbocycles. The number of benzene rings is 1. The van der Waals surface area contributed by atoms with Crippen LogP contribution in [0.1, 0.15) is 25.7 Å². The minimum Gasteiger partial charge on any atom is -0.366 e. The van der Waals surface area contributed by atoms with Gasteiger partial charge >= 0.3 is 0 Å². The molecule has 1 aliphatic rings. The van der Waals surface area contributed by atoms with Crippen molar-refractivity contribution in [3.05, 3.63) is 41.0 Å². The summed E-state index contributed by atoms with van der Waals surface area (Å²) in [7, 11) is 0. The Morgan fingerprint density at radius 2 is 2.13 bits per heavy atom. The third-order valence-electron chi connectivity index (χ3n) is 3.99. The number of nitro benzene ring substituents is 1. The fourth-order valence-corrected chi connectivity index (χ4v) is 2.85. The lowest BCUT2D eigenvalue weighted by atomic mass is 10.2. The Morgan fingerprint density at radius 3 is 2.83 bits per heavy atom. The molecule has 7 nitrogen and oxygen atoms in total. The lowest BCUT2D eigenvalue weighted by molar-refractivity contribution is -0.384. The van der Waals surface area contributed by atoms with E-state index in [0.717, 1.165) is 12.8 Å². The van der Waals surface area contributed by atoms with Gasteiger partial charge in [0.1, 0.15) is 5.82 Å². The zero-order valence-corrected chi connectivity index (χ0v) is 12.8. The maximum atomic E-state index is 11.0. The van der Waals surface area contributed by atoms with E-state index < -0.39 is 4.92 Å². The summed E-state index contributed by atoms with van der Waals surface area (Å²) in [6, 6.07) is 5.03. The van der Waals surface area contributed by atoms with Gasteiger partial charge in [-0.25, -0.2) is 4.98 Å². The second-order valence-corrected chi connectivity index (χ2v) is 5.65. The van der Waals surface area contributed by atoms with Gasteiger partial charge in [-0.2, -0.15) is 4.98 Å². The highest BCUT2D eigenvalue weighted by Gasteiger charge is 2.17. The van der Waals surface area contributed by atoms with Gasteiger partial charge in [-0.3, -0.25) is 10.1 Å². The van der Waals surface area contributed by atoms with Crippen molar-refractivity contribution in [1.82, 2.24) is 9.97 Å². The lowest BCUT2D eigenvalue weighted by Gasteiger charge is -2.14. The first-order valence-electron chi connectivity index (χ1n) is 7.75. The van der Waals surface area contributed by atoms with E-state index >= 15 is 0 Å². The van der Waals surface area contributed by atoms with Crippen LogP contribution >= 0.6 is 0 Å². The summed E-state index contributed by atoms with van der Waals surface area (Å²) in [5.74, 6) is 1.14. The highest BCUT2D eigenvalue weighted by molar-refractivity contribution is 5.91. The molecule has 1 heterocycles. The zero-order valence-electron chi connectivity index (χ0n) is 12.8. The van der Waals surface area contributed by atoms with Crippen molar-refractivity contribution < 1.29 is 4.92 Å². The van der Waals surface area contributed by atoms with E-state index in [1.807, 2.05) is 0 Å². The fraction of sp³-hybridized carbons (Fsp3) is 0.375. The Bertz CT molecular complexity index is 741. The van der Waals surface area contributed by atoms with E-state index in [0.29, 0.717) is 35.3 Å². The molecule has 0 aliphatic heterocycles. The van der Waals surface area contributed by atoms with Crippen molar-refractivity contribution in [3.63, 3.8) is 0 Å². The third-order valence-corrected chi connectivity index (χ3v) is 3.99. The molecule has 23 heavy (non-hydrogen) atoms. The average molecular weight is 313 g/mol. The zero-order chi connectivity index (χ0) is 16.2. The number of nitrogens with zero attached hydrogens (tertiary/aromatic N) is 3. The topological polar surface area (TPSA) is 93.0 Å². The van der Waals surface area contributed by atoms with Crippen LogP contribution in [0.4, 0.5) is 17.5 Å². The first kappa shape index (κ1) is 15.2. The molecule has 1 fully saturated rings. The van der Waals surface area contributed by atoms with Gasteiger partial charge in [0.2, 0.25) is 5.95 Å². The fourth-order valence-electron chi connectivity index (χ4n) is 2.85. The Hall–Kier alpha value is -2.70. The predicted octanol–water partition coefficient (Wildman–Crippen LogP) is 3.49. The number of non-ortho nitro benzene ring substituents is 1. The summed E-state index contributed by atoms with van der Waals surface area (Å²) in [4.78, 5) is 19.6. The Labute approximate surface area is 134 Å². The Balaban J connectivity index is 2.00. The number of fused-ring (bicyclic) bond motifs is 1. The van der Waals surface area contributed by atoms with Crippen molar-refractivity contribution in [2.75, 3.05) is 17.2 Å². The largest absolute Gasteiger partial charge is 0.366 e. The van der Waals surface area contributed by atoms with Gasteiger partial charge in [0.05, 0.1) is 10.4 Å². The molecule has 2 N–H and O–H groups in total. The van der Waals surface area contributed by atoms with Crippen LogP contribution < -0.4 is 10.6 Å². The minimum absolute atomic E-state index is 0.0271. The van der Waals surface area contributed by atoms with Crippen LogP contribution in [0.2, 0.25) is 0 Å². The number of anilines is 2. The second kappa shape index (κ2) is 6.60. The smallest absolute Gasteiger partial charge is 0.270 e. The third kappa shape index (κ3) is 3.39. The highest BCUT2D eigenvalue weighted by atomic mass is 16.6. The van der Waals surface area contributed by atoms with Crippen molar-refractivity contribution >= 4 is 28.4 Å².